The molecule has 0 N–H and O–H groups in total. The number of carbonyl (C=O) groups is 1. The minimum Gasteiger partial charge on any atom is -0.343 e. The summed E-state index contributed by atoms with van der Waals surface area (Å²) in [6, 6.07) is 15.8. The van der Waals surface area contributed by atoms with Crippen LogP contribution in [0.5, 0.6) is 0 Å². The number of carbonyl (C=O) groups excluding carboxylic acids is 1. The average Bonchev–Trinajstić information content (AvgIpc) is 3.08. The molecule has 0 unspecified atom stereocenters. The highest BCUT2D eigenvalue weighted by Gasteiger charge is 2.23. The molecule has 0 amide bonds. The Kier molecular flexibility index (Phi) is 7.35. The summed E-state index contributed by atoms with van der Waals surface area (Å²) >= 11 is 1.63. The molecule has 1 fully saturated rings. The standard InChI is InChI=1S/C18H17N3O3S.BrH/c22-17(15-7-4-8-16(11-15)21(23)24)13-20-9-10-25-18(20)19-12-14-5-2-1-3-6-14;/h1-8,11H,9-10,12-13H2;1H. The number of ketones is 1. The van der Waals surface area contributed by atoms with Gasteiger partial charge in [0.2, 0.25) is 0 Å². The molecule has 1 heterocycles. The SMILES string of the molecule is Br.O=C(CN1CCSC1=NCc1ccccc1)c1cccc([N+](=O)[O-])c1. The molecule has 2 aromatic carbocycles. The first-order valence-electron chi connectivity index (χ1n) is 7.87. The number of nitrogens with zero attached hydrogens (tertiary/aromatic N) is 3. The van der Waals surface area contributed by atoms with Crippen LogP contribution < -0.4 is 0 Å². The third kappa shape index (κ3) is 5.15. The van der Waals surface area contributed by atoms with Gasteiger partial charge in [-0.25, -0.2) is 0 Å². The summed E-state index contributed by atoms with van der Waals surface area (Å²) in [6.07, 6.45) is 0. The minimum atomic E-state index is -0.491. The number of hydrogen-bond donors (Lipinski definition) is 0. The summed E-state index contributed by atoms with van der Waals surface area (Å²) in [5, 5.41) is 11.7. The molecule has 1 aliphatic rings. The Morgan fingerprint density at radius 1 is 1.19 bits per heavy atom. The smallest absolute Gasteiger partial charge is 0.270 e. The van der Waals surface area contributed by atoms with Crippen LogP contribution in [0.25, 0.3) is 0 Å². The van der Waals surface area contributed by atoms with Crippen LogP contribution in [0.2, 0.25) is 0 Å². The van der Waals surface area contributed by atoms with Crippen LogP contribution in [-0.2, 0) is 6.54 Å². The second-order valence-electron chi connectivity index (χ2n) is 5.59. The zero-order chi connectivity index (χ0) is 17.6. The fourth-order valence-electron chi connectivity index (χ4n) is 2.53. The fourth-order valence-corrected chi connectivity index (χ4v) is 3.51. The number of nitro groups is 1. The highest BCUT2D eigenvalue weighted by molar-refractivity contribution is 8.93. The zero-order valence-electron chi connectivity index (χ0n) is 13.9. The highest BCUT2D eigenvalue weighted by atomic mass is 79.9. The number of benzene rings is 2. The number of amidine groups is 1. The Bertz CT molecular complexity index is 814. The van der Waals surface area contributed by atoms with Crippen molar-refractivity contribution in [3.05, 3.63) is 75.8 Å². The summed E-state index contributed by atoms with van der Waals surface area (Å²) in [5.74, 6) is 0.745. The van der Waals surface area contributed by atoms with Crippen molar-refractivity contribution in [1.29, 1.82) is 0 Å². The summed E-state index contributed by atoms with van der Waals surface area (Å²) in [7, 11) is 0. The molecule has 3 rings (SSSR count). The third-order valence-corrected chi connectivity index (χ3v) is 4.85. The maximum Gasteiger partial charge on any atom is 0.270 e. The molecule has 0 aliphatic carbocycles. The lowest BCUT2D eigenvalue weighted by atomic mass is 10.1. The van der Waals surface area contributed by atoms with Crippen molar-refractivity contribution in [1.82, 2.24) is 4.90 Å². The van der Waals surface area contributed by atoms with Crippen molar-refractivity contribution in [2.45, 2.75) is 6.54 Å². The normalized spacial score (nSPS) is 14.9. The van der Waals surface area contributed by atoms with Gasteiger partial charge in [-0.05, 0) is 5.56 Å². The molecule has 0 aromatic heterocycles. The molecule has 136 valence electrons. The molecule has 0 spiro atoms. The summed E-state index contributed by atoms with van der Waals surface area (Å²) in [5.41, 5.74) is 1.40. The lowest BCUT2D eigenvalue weighted by Crippen LogP contribution is -2.30. The zero-order valence-corrected chi connectivity index (χ0v) is 16.4. The summed E-state index contributed by atoms with van der Waals surface area (Å²) in [4.78, 5) is 29.4. The molecule has 8 heteroatoms. The van der Waals surface area contributed by atoms with Crippen LogP contribution in [0.15, 0.2) is 59.6 Å². The van der Waals surface area contributed by atoms with Crippen molar-refractivity contribution in [3.63, 3.8) is 0 Å². The second-order valence-corrected chi connectivity index (χ2v) is 6.65. The largest absolute Gasteiger partial charge is 0.343 e. The molecule has 0 radical (unpaired) electrons. The van der Waals surface area contributed by atoms with Crippen LogP contribution in [0.4, 0.5) is 5.69 Å². The predicted octanol–water partition coefficient (Wildman–Crippen LogP) is 3.96. The Balaban J connectivity index is 0.00000243. The van der Waals surface area contributed by atoms with E-state index in [1.807, 2.05) is 35.2 Å². The van der Waals surface area contributed by atoms with E-state index in [0.717, 1.165) is 23.0 Å². The quantitative estimate of drug-likeness (QED) is 0.389. The van der Waals surface area contributed by atoms with Crippen molar-refractivity contribution in [2.24, 2.45) is 4.99 Å². The van der Waals surface area contributed by atoms with E-state index >= 15 is 0 Å². The lowest BCUT2D eigenvalue weighted by molar-refractivity contribution is -0.384. The highest BCUT2D eigenvalue weighted by Crippen LogP contribution is 2.20. The van der Waals surface area contributed by atoms with Crippen LogP contribution >= 0.6 is 28.7 Å². The van der Waals surface area contributed by atoms with Gasteiger partial charge >= 0.3 is 0 Å². The van der Waals surface area contributed by atoms with Gasteiger partial charge in [0.15, 0.2) is 11.0 Å². The first-order valence-corrected chi connectivity index (χ1v) is 8.86. The number of thioether (sulfide) groups is 1. The second kappa shape index (κ2) is 9.49. The van der Waals surface area contributed by atoms with Crippen molar-refractivity contribution in [3.8, 4) is 0 Å². The van der Waals surface area contributed by atoms with E-state index in [-0.39, 0.29) is 35.0 Å². The molecule has 1 saturated heterocycles. The van der Waals surface area contributed by atoms with Gasteiger partial charge in [-0.1, -0.05) is 54.2 Å². The van der Waals surface area contributed by atoms with E-state index in [1.54, 1.807) is 17.8 Å². The monoisotopic (exact) mass is 435 g/mol. The topological polar surface area (TPSA) is 75.8 Å². The van der Waals surface area contributed by atoms with E-state index in [0.29, 0.717) is 12.1 Å². The number of aliphatic imine (C=N–C) groups is 1. The number of hydrogen-bond acceptors (Lipinski definition) is 5. The average molecular weight is 436 g/mol. The molecular weight excluding hydrogens is 418 g/mol. The molecule has 0 saturated carbocycles. The van der Waals surface area contributed by atoms with Crippen molar-refractivity contribution in [2.75, 3.05) is 18.8 Å². The molecule has 26 heavy (non-hydrogen) atoms. The van der Waals surface area contributed by atoms with Gasteiger partial charge in [-0.3, -0.25) is 19.9 Å². The Hall–Kier alpha value is -2.19. The fraction of sp³-hybridized carbons (Fsp3) is 0.222. The Labute approximate surface area is 166 Å². The van der Waals surface area contributed by atoms with Gasteiger partial charge in [0, 0.05) is 30.0 Å². The Morgan fingerprint density at radius 2 is 1.96 bits per heavy atom. The molecule has 0 bridgehead atoms. The van der Waals surface area contributed by atoms with E-state index < -0.39 is 4.92 Å². The Morgan fingerprint density at radius 3 is 2.69 bits per heavy atom. The van der Waals surface area contributed by atoms with Crippen molar-refractivity contribution < 1.29 is 9.72 Å². The van der Waals surface area contributed by atoms with Gasteiger partial charge in [0.05, 0.1) is 18.0 Å². The van der Waals surface area contributed by atoms with E-state index in [1.165, 1.54) is 18.2 Å². The number of halogens is 1. The lowest BCUT2D eigenvalue weighted by Gasteiger charge is -2.17. The maximum atomic E-state index is 12.5. The third-order valence-electron chi connectivity index (χ3n) is 3.82. The van der Waals surface area contributed by atoms with Crippen LogP contribution in [0.3, 0.4) is 0 Å². The van der Waals surface area contributed by atoms with Gasteiger partial charge in [-0.2, -0.15) is 0 Å². The van der Waals surface area contributed by atoms with E-state index in [9.17, 15) is 14.9 Å². The van der Waals surface area contributed by atoms with E-state index in [2.05, 4.69) is 4.99 Å². The number of rotatable bonds is 6. The number of non-ortho nitro benzene ring substituents is 1. The van der Waals surface area contributed by atoms with Gasteiger partial charge in [0.25, 0.3) is 5.69 Å². The van der Waals surface area contributed by atoms with Crippen molar-refractivity contribution >= 4 is 45.4 Å². The number of nitro benzene ring substituents is 1. The van der Waals surface area contributed by atoms with Crippen LogP contribution in [0, 0.1) is 10.1 Å². The van der Waals surface area contributed by atoms with Crippen LogP contribution in [-0.4, -0.2) is 39.6 Å². The first-order chi connectivity index (χ1) is 12.1. The molecular formula is C18H18BrN3O3S. The maximum absolute atomic E-state index is 12.5. The van der Waals surface area contributed by atoms with Gasteiger partial charge in [-0.15, -0.1) is 17.0 Å². The van der Waals surface area contributed by atoms with Crippen LogP contribution in [0.1, 0.15) is 15.9 Å². The first kappa shape index (κ1) is 20.1. The molecule has 2 aromatic rings. The number of Topliss-reactive ketones (excluding diaryl/α,β-unsaturated/α-hetero) is 1. The summed E-state index contributed by atoms with van der Waals surface area (Å²) in [6.45, 7) is 1.51. The predicted molar refractivity (Wildman–Crippen MR) is 109 cm³/mol. The minimum absolute atomic E-state index is 0. The molecule has 6 nitrogen and oxygen atoms in total. The van der Waals surface area contributed by atoms with Gasteiger partial charge < -0.3 is 4.90 Å². The summed E-state index contributed by atoms with van der Waals surface area (Å²) < 4.78 is 0. The molecule has 0 atom stereocenters. The molecule has 1 aliphatic heterocycles. The van der Waals surface area contributed by atoms with Gasteiger partial charge in [0.1, 0.15) is 0 Å². The van der Waals surface area contributed by atoms with E-state index in [4.69, 9.17) is 0 Å².